The number of unbranched alkanes of at least 4 members (excludes halogenated alkanes) is 43. The van der Waals surface area contributed by atoms with Crippen LogP contribution >= 0.6 is 0 Å². The summed E-state index contributed by atoms with van der Waals surface area (Å²) in [5.41, 5.74) is 5.78. The summed E-state index contributed by atoms with van der Waals surface area (Å²) in [6, 6.07) is 0. The second-order valence-electron chi connectivity index (χ2n) is 20.6. The predicted molar refractivity (Wildman–Crippen MR) is 286 cm³/mol. The van der Waals surface area contributed by atoms with E-state index in [1.807, 2.05) is 0 Å². The molecule has 0 saturated carbocycles. The Labute approximate surface area is 405 Å². The van der Waals surface area contributed by atoms with Gasteiger partial charge in [0.15, 0.2) is 0 Å². The molecule has 0 amide bonds. The third kappa shape index (κ3) is 49.9. The lowest BCUT2D eigenvalue weighted by Gasteiger charge is -2.28. The lowest BCUT2D eigenvalue weighted by Crippen LogP contribution is -2.50. The monoisotopic (exact) mass is 924 g/mol. The van der Waals surface area contributed by atoms with Crippen LogP contribution in [0, 0.1) is 5.92 Å². The summed E-state index contributed by atoms with van der Waals surface area (Å²) in [6.07, 6.45) is 64.5. The maximum absolute atomic E-state index is 6.73. The van der Waals surface area contributed by atoms with E-state index in [1.165, 1.54) is 283 Å². The smallest absolute Gasteiger partial charge is 0.351 e. The van der Waals surface area contributed by atoms with Crippen LogP contribution < -0.4 is 5.73 Å². The van der Waals surface area contributed by atoms with Crippen LogP contribution in [-0.4, -0.2) is 42.0 Å². The Morgan fingerprint density at radius 1 is 0.266 bits per heavy atom. The summed E-state index contributed by atoms with van der Waals surface area (Å²) in [4.78, 5) is 0. The van der Waals surface area contributed by atoms with Crippen molar-refractivity contribution < 1.29 is 17.7 Å². The van der Waals surface area contributed by atoms with Gasteiger partial charge in [0, 0.05) is 26.4 Å². The topological polar surface area (TPSA) is 62.9 Å². The van der Waals surface area contributed by atoms with Crippen molar-refractivity contribution >= 4 is 9.05 Å². The van der Waals surface area contributed by atoms with Crippen LogP contribution in [0.3, 0.4) is 0 Å². The van der Waals surface area contributed by atoms with Gasteiger partial charge in [-0.25, -0.2) is 0 Å². The molecule has 0 aromatic heterocycles. The third-order valence-electron chi connectivity index (χ3n) is 13.9. The van der Waals surface area contributed by atoms with Crippen LogP contribution in [0.25, 0.3) is 0 Å². The van der Waals surface area contributed by atoms with Crippen LogP contribution in [0.4, 0.5) is 0 Å². The molecule has 0 spiro atoms. The van der Waals surface area contributed by atoms with E-state index in [2.05, 4.69) is 27.7 Å². The molecule has 386 valence electrons. The Morgan fingerprint density at radius 3 is 0.625 bits per heavy atom. The minimum atomic E-state index is -3.21. The molecule has 6 heteroatoms. The molecule has 0 aliphatic carbocycles. The van der Waals surface area contributed by atoms with Crippen LogP contribution in [0.1, 0.15) is 336 Å². The molecule has 0 saturated heterocycles. The molecule has 0 fully saturated rings. The van der Waals surface area contributed by atoms with Gasteiger partial charge in [0.25, 0.3) is 0 Å². The first-order valence-corrected chi connectivity index (χ1v) is 31.5. The number of nitrogens with two attached hydrogens (primary N) is 1. The van der Waals surface area contributed by atoms with Gasteiger partial charge in [-0.2, -0.15) is 0 Å². The quantitative estimate of drug-likeness (QED) is 0.0486. The first kappa shape index (κ1) is 64.0. The van der Waals surface area contributed by atoms with Crippen molar-refractivity contribution in [2.45, 2.75) is 336 Å². The molecule has 1 unspecified atom stereocenters. The van der Waals surface area contributed by atoms with Crippen LogP contribution in [0.2, 0.25) is 0 Å². The van der Waals surface area contributed by atoms with E-state index in [1.54, 1.807) is 0 Å². The van der Waals surface area contributed by atoms with Gasteiger partial charge < -0.3 is 23.4 Å². The Morgan fingerprint density at radius 2 is 0.438 bits per heavy atom. The summed E-state index contributed by atoms with van der Waals surface area (Å²) >= 11 is 0. The maximum atomic E-state index is 6.73. The Balaban J connectivity index is 4.93. The number of rotatable bonds is 58. The molecule has 2 N–H and O–H groups in total. The Hall–Kier alpha value is 0.0169. The first-order valence-electron chi connectivity index (χ1n) is 29.9. The van der Waals surface area contributed by atoms with Crippen molar-refractivity contribution in [1.29, 1.82) is 0 Å². The van der Waals surface area contributed by atoms with E-state index >= 15 is 0 Å². The summed E-state index contributed by atoms with van der Waals surface area (Å²) < 4.78 is 26.9. The van der Waals surface area contributed by atoms with Crippen LogP contribution in [-0.2, 0) is 17.7 Å². The predicted octanol–water partition coefficient (Wildman–Crippen LogP) is 19.9. The average Bonchev–Trinajstić information content (AvgIpc) is 3.30. The van der Waals surface area contributed by atoms with E-state index in [0.717, 1.165) is 32.2 Å². The molecule has 0 radical (unpaired) electrons. The highest BCUT2D eigenvalue weighted by atomic mass is 28.4. The fraction of sp³-hybridized carbons (Fsp3) is 1.00. The van der Waals surface area contributed by atoms with Gasteiger partial charge in [-0.15, -0.1) is 0 Å². The molecule has 1 atom stereocenters. The molecular weight excluding hydrogens is 803 g/mol. The second kappa shape index (κ2) is 55.6. The summed E-state index contributed by atoms with van der Waals surface area (Å²) in [6.45, 7) is 12.8. The van der Waals surface area contributed by atoms with Gasteiger partial charge in [-0.05, 0) is 44.6 Å². The molecular formula is C58H121NO4Si. The van der Waals surface area contributed by atoms with E-state index < -0.39 is 9.05 Å². The molecule has 0 bridgehead atoms. The highest BCUT2D eigenvalue weighted by Crippen LogP contribution is 2.21. The molecule has 0 rings (SSSR count). The second-order valence-corrected chi connectivity index (χ2v) is 22.7. The lowest BCUT2D eigenvalue weighted by atomic mass is 10.0. The van der Waals surface area contributed by atoms with E-state index in [4.69, 9.17) is 23.4 Å². The molecule has 5 nitrogen and oxygen atoms in total. The van der Waals surface area contributed by atoms with Gasteiger partial charge in [0.2, 0.25) is 0 Å². The van der Waals surface area contributed by atoms with Gasteiger partial charge >= 0.3 is 9.05 Å². The van der Waals surface area contributed by atoms with Crippen molar-refractivity contribution in [2.24, 2.45) is 11.7 Å². The largest absolute Gasteiger partial charge is 0.679 e. The van der Waals surface area contributed by atoms with Crippen LogP contribution in [0.15, 0.2) is 0 Å². The maximum Gasteiger partial charge on any atom is 0.679 e. The van der Waals surface area contributed by atoms with Crippen molar-refractivity contribution in [2.75, 3.05) is 33.0 Å². The van der Waals surface area contributed by atoms with Crippen LogP contribution in [0.5, 0.6) is 0 Å². The average molecular weight is 925 g/mol. The minimum Gasteiger partial charge on any atom is -0.351 e. The summed E-state index contributed by atoms with van der Waals surface area (Å²) in [5, 5.41) is 0. The highest BCUT2D eigenvalue weighted by molar-refractivity contribution is 6.53. The van der Waals surface area contributed by atoms with Crippen molar-refractivity contribution in [3.8, 4) is 0 Å². The Kier molecular flexibility index (Phi) is 55.6. The van der Waals surface area contributed by atoms with Crippen molar-refractivity contribution in [1.82, 2.24) is 0 Å². The van der Waals surface area contributed by atoms with Gasteiger partial charge in [-0.1, -0.05) is 304 Å². The number of hydrogen-bond acceptors (Lipinski definition) is 5. The zero-order valence-electron chi connectivity index (χ0n) is 44.8. The zero-order valence-corrected chi connectivity index (χ0v) is 45.8. The SMILES string of the molecule is CCCCCCCCCCCCCCO[Si](OCCCCCCCCCCCCCC)(OCCCCCCCCCCCCCC)OCCCCCCCCCCCCCC(C)CN. The molecule has 0 aliphatic heterocycles. The minimum absolute atomic E-state index is 0.689. The van der Waals surface area contributed by atoms with Gasteiger partial charge in [-0.3, -0.25) is 0 Å². The molecule has 0 aromatic rings. The molecule has 0 aromatic carbocycles. The fourth-order valence-corrected chi connectivity index (χ4v) is 11.2. The molecule has 64 heavy (non-hydrogen) atoms. The normalized spacial score (nSPS) is 12.5. The van der Waals surface area contributed by atoms with Crippen molar-refractivity contribution in [3.63, 3.8) is 0 Å². The van der Waals surface area contributed by atoms with Crippen molar-refractivity contribution in [3.05, 3.63) is 0 Å². The van der Waals surface area contributed by atoms with E-state index in [0.29, 0.717) is 32.3 Å². The molecule has 0 heterocycles. The summed E-state index contributed by atoms with van der Waals surface area (Å²) in [5.74, 6) is 0.689. The standard InChI is InChI=1S/C58H121NO4Si/c1-5-8-11-14-17-20-23-28-33-38-43-48-53-60-64(61-54-49-44-39-34-29-24-21-18-15-12-9-6-2,62-55-50-45-40-35-30-25-22-19-16-13-10-7-3)63-56-51-46-41-36-31-26-27-32-37-42-47-52-58(4)57-59/h58H,5-57,59H2,1-4H3. The van der Waals surface area contributed by atoms with Gasteiger partial charge in [0.05, 0.1) is 0 Å². The third-order valence-corrected chi connectivity index (χ3v) is 16.1. The van der Waals surface area contributed by atoms with Gasteiger partial charge in [0.1, 0.15) is 0 Å². The summed E-state index contributed by atoms with van der Waals surface area (Å²) in [7, 11) is -3.21. The molecule has 0 aliphatic rings. The lowest BCUT2D eigenvalue weighted by molar-refractivity contribution is -0.0375. The number of hydrogen-bond donors (Lipinski definition) is 1. The van der Waals surface area contributed by atoms with E-state index in [9.17, 15) is 0 Å². The highest BCUT2D eigenvalue weighted by Gasteiger charge is 2.45. The van der Waals surface area contributed by atoms with E-state index in [-0.39, 0.29) is 0 Å². The Bertz CT molecular complexity index is 758. The first-order chi connectivity index (χ1) is 31.6. The zero-order chi connectivity index (χ0) is 46.4. The fourth-order valence-electron chi connectivity index (χ4n) is 9.17.